The second kappa shape index (κ2) is 13.4. The van der Waals surface area contributed by atoms with Crippen molar-refractivity contribution in [2.75, 3.05) is 26.2 Å². The molecule has 1 aliphatic rings. The van der Waals surface area contributed by atoms with Crippen LogP contribution in [0.1, 0.15) is 36.8 Å². The number of fused-ring (bicyclic) bond motifs is 1. The number of nitrogens with zero attached hydrogens (tertiary/aromatic N) is 2. The number of likely N-dealkylation sites (tertiary alicyclic amines) is 1. The van der Waals surface area contributed by atoms with Crippen LogP contribution in [0.5, 0.6) is 17.2 Å². The average Bonchev–Trinajstić information content (AvgIpc) is 3.05. The van der Waals surface area contributed by atoms with Crippen molar-refractivity contribution in [3.8, 4) is 28.5 Å². The Kier molecular flexibility index (Phi) is 9.90. The maximum Gasteiger partial charge on any atom is 0.466 e. The van der Waals surface area contributed by atoms with Gasteiger partial charge in [0.1, 0.15) is 23.9 Å². The summed E-state index contributed by atoms with van der Waals surface area (Å²) in [5.74, 6) is 1.41. The lowest BCUT2D eigenvalue weighted by Gasteiger charge is -2.19. The number of aryl methyl sites for hydroxylation is 1. The van der Waals surface area contributed by atoms with Crippen LogP contribution in [-0.2, 0) is 11.1 Å². The second-order valence-electron chi connectivity index (χ2n) is 10.1. The van der Waals surface area contributed by atoms with Gasteiger partial charge in [-0.15, -0.1) is 0 Å². The van der Waals surface area contributed by atoms with Crippen molar-refractivity contribution in [2.24, 2.45) is 0 Å². The zero-order valence-electron chi connectivity index (χ0n) is 22.6. The van der Waals surface area contributed by atoms with Gasteiger partial charge in [0, 0.05) is 24.0 Å². The van der Waals surface area contributed by atoms with E-state index in [4.69, 9.17) is 24.0 Å². The normalized spacial score (nSPS) is 14.4. The number of ether oxygens (including phenoxy) is 1. The lowest BCUT2D eigenvalue weighted by molar-refractivity contribution is 0.214. The van der Waals surface area contributed by atoms with Crippen molar-refractivity contribution in [1.29, 1.82) is 0 Å². The van der Waals surface area contributed by atoms with E-state index in [2.05, 4.69) is 40.7 Å². The Balaban J connectivity index is 0.000000681. The van der Waals surface area contributed by atoms with Crippen LogP contribution in [0.4, 0.5) is 0 Å². The van der Waals surface area contributed by atoms with Crippen molar-refractivity contribution in [2.45, 2.75) is 39.2 Å². The predicted octanol–water partition coefficient (Wildman–Crippen LogP) is 5.40. The van der Waals surface area contributed by atoms with E-state index in [1.54, 1.807) is 18.2 Å². The number of aromatic nitrogens is 1. The van der Waals surface area contributed by atoms with Crippen molar-refractivity contribution in [1.82, 2.24) is 9.47 Å². The van der Waals surface area contributed by atoms with Gasteiger partial charge in [-0.2, -0.15) is 0 Å². The first-order valence-electron chi connectivity index (χ1n) is 13.4. The molecule has 0 unspecified atom stereocenters. The summed E-state index contributed by atoms with van der Waals surface area (Å²) in [6.45, 7) is 6.86. The largest absolute Gasteiger partial charge is 0.508 e. The minimum absolute atomic E-state index is 0.248. The number of phenolic OH excluding ortho intramolecular Hbond substituents is 2. The number of phosphoric acid groups is 1. The Morgan fingerprint density at radius 2 is 1.43 bits per heavy atom. The molecule has 3 aromatic carbocycles. The average molecular weight is 569 g/mol. The third kappa shape index (κ3) is 8.34. The molecule has 0 aliphatic carbocycles. The number of aromatic hydroxyl groups is 2. The molecular weight excluding hydrogens is 531 g/mol. The van der Waals surface area contributed by atoms with Crippen LogP contribution < -0.4 is 4.74 Å². The van der Waals surface area contributed by atoms with E-state index in [0.29, 0.717) is 6.54 Å². The molecule has 5 rings (SSSR count). The van der Waals surface area contributed by atoms with Crippen molar-refractivity contribution in [3.63, 3.8) is 0 Å². The number of rotatable bonds is 7. The molecule has 1 aromatic heterocycles. The quantitative estimate of drug-likeness (QED) is 0.187. The summed E-state index contributed by atoms with van der Waals surface area (Å²) < 4.78 is 17.2. The van der Waals surface area contributed by atoms with Gasteiger partial charge in [-0.3, -0.25) is 4.90 Å². The van der Waals surface area contributed by atoms with Crippen LogP contribution in [0.15, 0.2) is 66.7 Å². The zero-order valence-corrected chi connectivity index (χ0v) is 23.5. The van der Waals surface area contributed by atoms with Gasteiger partial charge in [0.15, 0.2) is 0 Å². The molecule has 1 aliphatic heterocycles. The highest BCUT2D eigenvalue weighted by atomic mass is 31.2. The van der Waals surface area contributed by atoms with E-state index in [1.165, 1.54) is 44.3 Å². The maximum absolute atomic E-state index is 10.1. The molecule has 10 heteroatoms. The highest BCUT2D eigenvalue weighted by Gasteiger charge is 2.17. The van der Waals surface area contributed by atoms with Crippen LogP contribution in [0.3, 0.4) is 0 Å². The van der Waals surface area contributed by atoms with Crippen LogP contribution in [-0.4, -0.2) is 60.6 Å². The van der Waals surface area contributed by atoms with E-state index in [-0.39, 0.29) is 11.5 Å². The molecular formula is C30H37N2O7P. The van der Waals surface area contributed by atoms with Gasteiger partial charge in [0.05, 0.1) is 5.69 Å². The first-order valence-corrected chi connectivity index (χ1v) is 15.0. The second-order valence-corrected chi connectivity index (χ2v) is 11.1. The minimum Gasteiger partial charge on any atom is -0.508 e. The Labute approximate surface area is 234 Å². The topological polar surface area (TPSA) is 136 Å². The van der Waals surface area contributed by atoms with E-state index >= 15 is 0 Å². The lowest BCUT2D eigenvalue weighted by atomic mass is 10.1. The number of benzene rings is 3. The first kappa shape index (κ1) is 29.6. The van der Waals surface area contributed by atoms with Crippen LogP contribution in [0.2, 0.25) is 0 Å². The summed E-state index contributed by atoms with van der Waals surface area (Å²) >= 11 is 0. The monoisotopic (exact) mass is 568 g/mol. The minimum atomic E-state index is -4.64. The molecule has 0 amide bonds. The fraction of sp³-hybridized carbons (Fsp3) is 0.333. The third-order valence-electron chi connectivity index (χ3n) is 7.08. The summed E-state index contributed by atoms with van der Waals surface area (Å²) in [5.41, 5.74) is 5.47. The fourth-order valence-electron chi connectivity index (χ4n) is 5.19. The summed E-state index contributed by atoms with van der Waals surface area (Å²) in [6.07, 6.45) is 5.30. The van der Waals surface area contributed by atoms with Gasteiger partial charge in [-0.1, -0.05) is 25.0 Å². The molecule has 0 saturated carbocycles. The lowest BCUT2D eigenvalue weighted by Crippen LogP contribution is -2.29. The fourth-order valence-corrected chi connectivity index (χ4v) is 5.19. The van der Waals surface area contributed by atoms with Crippen LogP contribution in [0.25, 0.3) is 22.2 Å². The molecule has 214 valence electrons. The molecule has 40 heavy (non-hydrogen) atoms. The SMILES string of the molecule is Cc1c(-c2ccc(O)cc2)n(Cc2ccc(OCCN3CCCCCC3)cc2)c2ccc(O)cc12.O=P(O)(O)O. The van der Waals surface area contributed by atoms with Crippen molar-refractivity contribution >= 4 is 18.7 Å². The van der Waals surface area contributed by atoms with Gasteiger partial charge < -0.3 is 34.2 Å². The molecule has 0 atom stereocenters. The van der Waals surface area contributed by atoms with E-state index in [0.717, 1.165) is 46.6 Å². The van der Waals surface area contributed by atoms with Crippen molar-refractivity contribution < 1.29 is 34.2 Å². The van der Waals surface area contributed by atoms with Crippen LogP contribution >= 0.6 is 7.82 Å². The molecule has 2 heterocycles. The molecule has 5 N–H and O–H groups in total. The summed E-state index contributed by atoms with van der Waals surface area (Å²) in [4.78, 5) is 24.1. The Morgan fingerprint density at radius 3 is 2.05 bits per heavy atom. The Bertz CT molecular complexity index is 1430. The van der Waals surface area contributed by atoms with Crippen molar-refractivity contribution in [3.05, 3.63) is 77.9 Å². The molecule has 0 radical (unpaired) electrons. The molecule has 0 spiro atoms. The van der Waals surface area contributed by atoms with E-state index < -0.39 is 7.82 Å². The first-order chi connectivity index (χ1) is 19.1. The molecule has 4 aromatic rings. The maximum atomic E-state index is 10.1. The summed E-state index contributed by atoms with van der Waals surface area (Å²) in [6, 6.07) is 21.2. The van der Waals surface area contributed by atoms with Gasteiger partial charge in [0.2, 0.25) is 0 Å². The number of hydrogen-bond donors (Lipinski definition) is 5. The van der Waals surface area contributed by atoms with Gasteiger partial charge in [-0.25, -0.2) is 4.57 Å². The van der Waals surface area contributed by atoms with Gasteiger partial charge in [0.25, 0.3) is 0 Å². The highest BCUT2D eigenvalue weighted by molar-refractivity contribution is 7.45. The third-order valence-corrected chi connectivity index (χ3v) is 7.08. The number of hydrogen-bond acceptors (Lipinski definition) is 5. The van der Waals surface area contributed by atoms with Gasteiger partial charge in [-0.05, 0) is 104 Å². The van der Waals surface area contributed by atoms with E-state index in [9.17, 15) is 10.2 Å². The van der Waals surface area contributed by atoms with Gasteiger partial charge >= 0.3 is 7.82 Å². The zero-order chi connectivity index (χ0) is 28.7. The van der Waals surface area contributed by atoms with Crippen LogP contribution in [0, 0.1) is 6.92 Å². The highest BCUT2D eigenvalue weighted by Crippen LogP contribution is 2.36. The Morgan fingerprint density at radius 1 is 0.825 bits per heavy atom. The predicted molar refractivity (Wildman–Crippen MR) is 156 cm³/mol. The summed E-state index contributed by atoms with van der Waals surface area (Å²) in [7, 11) is -4.64. The number of phenols is 2. The standard InChI is InChI=1S/C30H34N2O3.H3O4P/c1-22-28-20-26(34)12-15-29(28)32(30(22)24-8-10-25(33)11-9-24)21-23-6-13-27(14-7-23)35-19-18-31-16-4-2-3-5-17-31;1-5(2,3)4/h6-15,20,33-34H,2-5,16-19,21H2,1H3;(H3,1,2,3,4). The molecule has 9 nitrogen and oxygen atoms in total. The molecule has 1 saturated heterocycles. The molecule has 0 bridgehead atoms. The summed E-state index contributed by atoms with van der Waals surface area (Å²) in [5, 5.41) is 20.9. The Hall–Kier alpha value is -3.33. The molecule has 1 fully saturated rings. The van der Waals surface area contributed by atoms with E-state index in [1.807, 2.05) is 24.3 Å². The smallest absolute Gasteiger partial charge is 0.466 e.